The zero-order valence-electron chi connectivity index (χ0n) is 13.0. The molecule has 0 fully saturated rings. The second-order valence-corrected chi connectivity index (χ2v) is 6.32. The van der Waals surface area contributed by atoms with E-state index < -0.39 is 5.97 Å². The molecule has 2 aromatic rings. The number of carbonyl (C=O) groups is 2. The number of carbonyl (C=O) groups excluding carboxylic acids is 2. The molecule has 0 amide bonds. The Labute approximate surface area is 144 Å². The molecule has 1 atom stereocenters. The Morgan fingerprint density at radius 2 is 1.70 bits per heavy atom. The summed E-state index contributed by atoms with van der Waals surface area (Å²) in [5.41, 5.74) is 2.74. The zero-order valence-corrected chi connectivity index (χ0v) is 14.6. The van der Waals surface area contributed by atoms with Crippen LogP contribution in [0.5, 0.6) is 0 Å². The van der Waals surface area contributed by atoms with Gasteiger partial charge in [-0.15, -0.1) is 0 Å². The number of hydrogen-bond donors (Lipinski definition) is 0. The Balaban J connectivity index is 1.82. The van der Waals surface area contributed by atoms with E-state index in [1.165, 1.54) is 5.56 Å². The molecule has 2 aromatic carbocycles. The third-order valence-corrected chi connectivity index (χ3v) is 4.41. The van der Waals surface area contributed by atoms with Crippen molar-refractivity contribution in [3.63, 3.8) is 0 Å². The summed E-state index contributed by atoms with van der Waals surface area (Å²) >= 11 is 3.47. The maximum atomic E-state index is 12.0. The number of hydrogen-bond acceptors (Lipinski definition) is 3. The first kappa shape index (κ1) is 17.4. The number of rotatable bonds is 7. The van der Waals surface area contributed by atoms with Crippen molar-refractivity contribution in [2.45, 2.75) is 24.6 Å². The maximum absolute atomic E-state index is 12.0. The van der Waals surface area contributed by atoms with Crippen LogP contribution in [-0.2, 0) is 16.0 Å². The van der Waals surface area contributed by atoms with Gasteiger partial charge in [0.1, 0.15) is 0 Å². The molecule has 0 spiro atoms. The van der Waals surface area contributed by atoms with E-state index in [1.54, 1.807) is 12.1 Å². The van der Waals surface area contributed by atoms with Gasteiger partial charge in [0.2, 0.25) is 0 Å². The quantitative estimate of drug-likeness (QED) is 0.407. The number of halogens is 1. The minimum absolute atomic E-state index is 0.116. The van der Waals surface area contributed by atoms with Gasteiger partial charge in [0.05, 0.1) is 6.42 Å². The Hall–Kier alpha value is -1.94. The third kappa shape index (κ3) is 5.32. The highest BCUT2D eigenvalue weighted by molar-refractivity contribution is 9.09. The van der Waals surface area contributed by atoms with Crippen molar-refractivity contribution in [2.24, 2.45) is 0 Å². The molecular formula is C19H19BrO3. The Bertz CT molecular complexity index is 650. The van der Waals surface area contributed by atoms with Crippen LogP contribution in [0, 0.1) is 0 Å². The molecule has 23 heavy (non-hydrogen) atoms. The van der Waals surface area contributed by atoms with Crippen LogP contribution in [0.25, 0.3) is 0 Å². The summed E-state index contributed by atoms with van der Waals surface area (Å²) in [6.45, 7) is 1.83. The van der Waals surface area contributed by atoms with Crippen LogP contribution in [0.15, 0.2) is 54.6 Å². The van der Waals surface area contributed by atoms with Gasteiger partial charge in [-0.2, -0.15) is 0 Å². The van der Waals surface area contributed by atoms with E-state index in [1.807, 2.05) is 42.5 Å². The van der Waals surface area contributed by atoms with Crippen LogP contribution in [-0.4, -0.2) is 18.4 Å². The number of ether oxygens (including phenoxy) is 1. The molecule has 4 heteroatoms. The highest BCUT2D eigenvalue weighted by atomic mass is 79.9. The van der Waals surface area contributed by atoms with Crippen molar-refractivity contribution in [1.29, 1.82) is 0 Å². The van der Waals surface area contributed by atoms with Crippen molar-refractivity contribution < 1.29 is 14.3 Å². The van der Waals surface area contributed by atoms with E-state index in [9.17, 15) is 9.59 Å². The van der Waals surface area contributed by atoms with Gasteiger partial charge in [-0.25, -0.2) is 0 Å². The molecule has 1 unspecified atom stereocenters. The van der Waals surface area contributed by atoms with Crippen LogP contribution >= 0.6 is 15.9 Å². The molecule has 0 N–H and O–H groups in total. The minimum atomic E-state index is -0.394. The van der Waals surface area contributed by atoms with Crippen LogP contribution in [0.4, 0.5) is 0 Å². The van der Waals surface area contributed by atoms with Gasteiger partial charge in [0.25, 0.3) is 0 Å². The van der Waals surface area contributed by atoms with Crippen molar-refractivity contribution in [3.8, 4) is 0 Å². The summed E-state index contributed by atoms with van der Waals surface area (Å²) in [7, 11) is 0. The number of benzene rings is 2. The fourth-order valence-electron chi connectivity index (χ4n) is 2.14. The maximum Gasteiger partial charge on any atom is 0.307 e. The molecule has 0 aliphatic carbocycles. The predicted octanol–water partition coefficient (Wildman–Crippen LogP) is 4.50. The fourth-order valence-corrected chi connectivity index (χ4v) is 2.71. The van der Waals surface area contributed by atoms with Crippen molar-refractivity contribution in [3.05, 3.63) is 71.3 Å². The molecule has 0 radical (unpaired) electrons. The Kier molecular flexibility index (Phi) is 6.53. The summed E-state index contributed by atoms with van der Waals surface area (Å²) in [5, 5.41) is 0. The molecule has 0 aliphatic rings. The Morgan fingerprint density at radius 3 is 2.30 bits per heavy atom. The molecule has 0 aromatic heterocycles. The lowest BCUT2D eigenvalue weighted by Gasteiger charge is -2.10. The van der Waals surface area contributed by atoms with E-state index in [2.05, 4.69) is 22.9 Å². The van der Waals surface area contributed by atoms with E-state index in [0.29, 0.717) is 5.56 Å². The molecule has 0 aliphatic heterocycles. The lowest BCUT2D eigenvalue weighted by atomic mass is 10.1. The molecule has 0 saturated carbocycles. The highest BCUT2D eigenvalue weighted by Gasteiger charge is 2.15. The van der Waals surface area contributed by atoms with Crippen LogP contribution in [0.3, 0.4) is 0 Å². The molecular weight excluding hydrogens is 356 g/mol. The lowest BCUT2D eigenvalue weighted by Crippen LogP contribution is -2.15. The summed E-state index contributed by atoms with van der Waals surface area (Å²) in [5.74, 6) is -0.582. The molecule has 3 nitrogen and oxygen atoms in total. The SMILES string of the molecule is CCc1ccc(C(=O)COC(=O)CC(Br)c2ccccc2)cc1. The van der Waals surface area contributed by atoms with Gasteiger partial charge in [-0.3, -0.25) is 9.59 Å². The third-order valence-electron chi connectivity index (χ3n) is 3.56. The van der Waals surface area contributed by atoms with E-state index in [4.69, 9.17) is 4.74 Å². The fraction of sp³-hybridized carbons (Fsp3) is 0.263. The second kappa shape index (κ2) is 8.63. The van der Waals surface area contributed by atoms with Crippen LogP contribution in [0.1, 0.15) is 39.7 Å². The highest BCUT2D eigenvalue weighted by Crippen LogP contribution is 2.26. The molecule has 0 saturated heterocycles. The summed E-state index contributed by atoms with van der Waals surface area (Å²) in [6, 6.07) is 17.0. The molecule has 0 bridgehead atoms. The first-order chi connectivity index (χ1) is 11.1. The topological polar surface area (TPSA) is 43.4 Å². The Morgan fingerprint density at radius 1 is 1.04 bits per heavy atom. The van der Waals surface area contributed by atoms with Crippen molar-refractivity contribution in [2.75, 3.05) is 6.61 Å². The van der Waals surface area contributed by atoms with Gasteiger partial charge in [-0.05, 0) is 17.5 Å². The predicted molar refractivity (Wildman–Crippen MR) is 93.8 cm³/mol. The number of aryl methyl sites for hydroxylation is 1. The normalized spacial score (nSPS) is 11.7. The van der Waals surface area contributed by atoms with Gasteiger partial charge in [0.15, 0.2) is 12.4 Å². The number of alkyl halides is 1. The summed E-state index contributed by atoms with van der Waals surface area (Å²) in [4.78, 5) is 23.8. The van der Waals surface area contributed by atoms with Crippen LogP contribution in [0.2, 0.25) is 0 Å². The van der Waals surface area contributed by atoms with E-state index >= 15 is 0 Å². The molecule has 0 heterocycles. The number of ketones is 1. The molecule has 120 valence electrons. The van der Waals surface area contributed by atoms with Gasteiger partial charge >= 0.3 is 5.97 Å². The van der Waals surface area contributed by atoms with Gasteiger partial charge in [-0.1, -0.05) is 77.5 Å². The average molecular weight is 375 g/mol. The number of esters is 1. The van der Waals surface area contributed by atoms with Gasteiger partial charge in [0, 0.05) is 10.4 Å². The van der Waals surface area contributed by atoms with E-state index in [-0.39, 0.29) is 23.6 Å². The second-order valence-electron chi connectivity index (χ2n) is 5.22. The minimum Gasteiger partial charge on any atom is -0.457 e. The smallest absolute Gasteiger partial charge is 0.307 e. The summed E-state index contributed by atoms with van der Waals surface area (Å²) < 4.78 is 5.09. The monoisotopic (exact) mass is 374 g/mol. The summed E-state index contributed by atoms with van der Waals surface area (Å²) in [6.07, 6.45) is 1.11. The standard InChI is InChI=1S/C19H19BrO3/c1-2-14-8-10-16(11-9-14)18(21)13-23-19(22)12-17(20)15-6-4-3-5-7-15/h3-11,17H,2,12-13H2,1H3. The van der Waals surface area contributed by atoms with Crippen molar-refractivity contribution >= 4 is 27.7 Å². The molecule has 2 rings (SSSR count). The van der Waals surface area contributed by atoms with Gasteiger partial charge < -0.3 is 4.74 Å². The first-order valence-corrected chi connectivity index (χ1v) is 8.48. The first-order valence-electron chi connectivity index (χ1n) is 7.57. The van der Waals surface area contributed by atoms with E-state index in [0.717, 1.165) is 12.0 Å². The zero-order chi connectivity index (χ0) is 16.7. The number of Topliss-reactive ketones (excluding diaryl/α,β-unsaturated/α-hetero) is 1. The van der Waals surface area contributed by atoms with Crippen molar-refractivity contribution in [1.82, 2.24) is 0 Å². The van der Waals surface area contributed by atoms with Crippen LogP contribution < -0.4 is 0 Å². The average Bonchev–Trinajstić information content (AvgIpc) is 2.60. The largest absolute Gasteiger partial charge is 0.457 e. The lowest BCUT2D eigenvalue weighted by molar-refractivity contribution is -0.142.